The second-order valence-corrected chi connectivity index (χ2v) is 2.97. The summed E-state index contributed by atoms with van der Waals surface area (Å²) in [5.74, 6) is -5.64. The molecule has 1 heterocycles. The maximum atomic E-state index is 12.2. The number of aromatic nitrogens is 3. The van der Waals surface area contributed by atoms with Crippen LogP contribution < -0.4 is 5.73 Å². The van der Waals surface area contributed by atoms with Gasteiger partial charge in [0.1, 0.15) is 0 Å². The first kappa shape index (κ1) is 12.6. The summed E-state index contributed by atoms with van der Waals surface area (Å²) in [6, 6.07) is 0. The Kier molecular flexibility index (Phi) is 2.77. The van der Waals surface area contributed by atoms with Crippen LogP contribution in [-0.4, -0.2) is 27.1 Å². The van der Waals surface area contributed by atoms with E-state index in [9.17, 15) is 26.3 Å². The molecule has 0 bridgehead atoms. The third kappa shape index (κ3) is 2.36. The van der Waals surface area contributed by atoms with Gasteiger partial charge in [0.15, 0.2) is 5.82 Å². The van der Waals surface area contributed by atoms with E-state index in [1.165, 1.54) is 0 Å². The first-order valence-electron chi connectivity index (χ1n) is 3.83. The zero-order valence-corrected chi connectivity index (χ0v) is 7.76. The molecule has 4 nitrogen and oxygen atoms in total. The number of nitrogens with zero attached hydrogens (tertiary/aromatic N) is 3. The molecule has 0 radical (unpaired) electrons. The van der Waals surface area contributed by atoms with Crippen LogP contribution >= 0.6 is 0 Å². The number of hydrogen-bond donors (Lipinski definition) is 1. The molecular weight excluding hydrogens is 242 g/mol. The summed E-state index contributed by atoms with van der Waals surface area (Å²) in [6.45, 7) is 0. The fourth-order valence-corrected chi connectivity index (χ4v) is 1.02. The van der Waals surface area contributed by atoms with Gasteiger partial charge in [-0.05, 0) is 0 Å². The molecule has 0 aliphatic rings. The molecular formula is C6H6F6N4. The Labute approximate surface area is 85.1 Å². The molecule has 16 heavy (non-hydrogen) atoms. The Hall–Kier alpha value is -1.48. The Morgan fingerprint density at radius 3 is 1.81 bits per heavy atom. The molecule has 0 saturated heterocycles. The number of nitrogen functional groups attached to an aromatic ring is 1. The van der Waals surface area contributed by atoms with E-state index in [-0.39, 0.29) is 0 Å². The van der Waals surface area contributed by atoms with Crippen molar-refractivity contribution < 1.29 is 26.3 Å². The topological polar surface area (TPSA) is 56.7 Å². The van der Waals surface area contributed by atoms with Crippen molar-refractivity contribution in [2.75, 3.05) is 5.73 Å². The van der Waals surface area contributed by atoms with Gasteiger partial charge in [-0.25, -0.2) is 4.68 Å². The minimum Gasteiger partial charge on any atom is -0.368 e. The highest BCUT2D eigenvalue weighted by Crippen LogP contribution is 2.45. The van der Waals surface area contributed by atoms with E-state index < -0.39 is 30.0 Å². The number of alkyl halides is 6. The summed E-state index contributed by atoms with van der Waals surface area (Å²) in [4.78, 5) is 2.93. The monoisotopic (exact) mass is 248 g/mol. The fourth-order valence-electron chi connectivity index (χ4n) is 1.02. The summed E-state index contributed by atoms with van der Waals surface area (Å²) >= 11 is 0. The highest BCUT2D eigenvalue weighted by atomic mass is 19.4. The van der Waals surface area contributed by atoms with Crippen LogP contribution in [0.4, 0.5) is 32.3 Å². The van der Waals surface area contributed by atoms with Crippen LogP contribution in [-0.2, 0) is 7.05 Å². The van der Waals surface area contributed by atoms with Crippen molar-refractivity contribution in [1.29, 1.82) is 0 Å². The molecule has 1 aromatic heterocycles. The van der Waals surface area contributed by atoms with Crippen LogP contribution in [0.2, 0.25) is 0 Å². The second kappa shape index (κ2) is 3.52. The molecule has 0 aromatic carbocycles. The molecule has 0 unspecified atom stereocenters. The standard InChI is InChI=1S/C6H6F6N4/c1-16-4(13)14-3(15-16)2(5(7,8)9)6(10,11)12/h2H,1H3,(H2,13,14,15). The van der Waals surface area contributed by atoms with Gasteiger partial charge in [-0.3, -0.25) is 0 Å². The summed E-state index contributed by atoms with van der Waals surface area (Å²) in [6.07, 6.45) is -11.0. The molecule has 0 aliphatic heterocycles. The average Bonchev–Trinajstić information content (AvgIpc) is 2.24. The first-order valence-corrected chi connectivity index (χ1v) is 3.83. The molecule has 0 fully saturated rings. The molecule has 2 N–H and O–H groups in total. The maximum Gasteiger partial charge on any atom is 0.407 e. The molecule has 0 saturated carbocycles. The summed E-state index contributed by atoms with van der Waals surface area (Å²) in [7, 11) is 1.09. The molecule has 0 spiro atoms. The van der Waals surface area contributed by atoms with E-state index in [4.69, 9.17) is 5.73 Å². The zero-order chi connectivity index (χ0) is 12.7. The van der Waals surface area contributed by atoms with Crippen molar-refractivity contribution in [3.63, 3.8) is 0 Å². The lowest BCUT2D eigenvalue weighted by atomic mass is 10.1. The molecule has 0 atom stereocenters. The molecule has 0 amide bonds. The highest BCUT2D eigenvalue weighted by molar-refractivity contribution is 5.18. The quantitative estimate of drug-likeness (QED) is 0.768. The number of hydrogen-bond acceptors (Lipinski definition) is 3. The molecule has 1 aromatic rings. The number of nitrogens with two attached hydrogens (primary N) is 1. The van der Waals surface area contributed by atoms with Crippen molar-refractivity contribution in [3.05, 3.63) is 5.82 Å². The largest absolute Gasteiger partial charge is 0.407 e. The van der Waals surface area contributed by atoms with Crippen molar-refractivity contribution >= 4 is 5.95 Å². The van der Waals surface area contributed by atoms with Crippen molar-refractivity contribution in [2.24, 2.45) is 7.05 Å². The van der Waals surface area contributed by atoms with E-state index in [1.807, 2.05) is 0 Å². The van der Waals surface area contributed by atoms with E-state index >= 15 is 0 Å². The normalized spacial score (nSPS) is 13.5. The van der Waals surface area contributed by atoms with Gasteiger partial charge >= 0.3 is 12.4 Å². The van der Waals surface area contributed by atoms with Crippen molar-refractivity contribution in [1.82, 2.24) is 14.8 Å². The lowest BCUT2D eigenvalue weighted by Gasteiger charge is -2.19. The molecule has 92 valence electrons. The van der Waals surface area contributed by atoms with Crippen molar-refractivity contribution in [2.45, 2.75) is 18.3 Å². The van der Waals surface area contributed by atoms with Gasteiger partial charge in [0.2, 0.25) is 11.9 Å². The van der Waals surface area contributed by atoms with E-state index in [1.54, 1.807) is 0 Å². The minimum absolute atomic E-state index is 0.520. The Bertz CT molecular complexity index is 344. The zero-order valence-electron chi connectivity index (χ0n) is 7.76. The van der Waals surface area contributed by atoms with E-state index in [0.717, 1.165) is 7.05 Å². The van der Waals surface area contributed by atoms with E-state index in [2.05, 4.69) is 10.1 Å². The summed E-state index contributed by atoms with van der Waals surface area (Å²) in [5, 5.41) is 2.98. The third-order valence-corrected chi connectivity index (χ3v) is 1.73. The number of rotatable bonds is 1. The van der Waals surface area contributed by atoms with Gasteiger partial charge in [0, 0.05) is 7.05 Å². The van der Waals surface area contributed by atoms with Gasteiger partial charge in [-0.2, -0.15) is 36.4 Å². The first-order chi connectivity index (χ1) is 7.03. The third-order valence-electron chi connectivity index (χ3n) is 1.73. The number of halogens is 6. The van der Waals surface area contributed by atoms with Crippen molar-refractivity contribution in [3.8, 4) is 0 Å². The predicted molar refractivity (Wildman–Crippen MR) is 40.3 cm³/mol. The van der Waals surface area contributed by atoms with Crippen LogP contribution in [0.25, 0.3) is 0 Å². The SMILES string of the molecule is Cn1nc(C(C(F)(F)F)C(F)(F)F)nc1N. The number of anilines is 1. The van der Waals surface area contributed by atoms with Gasteiger partial charge in [-0.1, -0.05) is 0 Å². The predicted octanol–water partition coefficient (Wildman–Crippen LogP) is 1.61. The van der Waals surface area contributed by atoms with Gasteiger partial charge in [0.05, 0.1) is 0 Å². The van der Waals surface area contributed by atoms with Gasteiger partial charge in [-0.15, -0.1) is 0 Å². The van der Waals surface area contributed by atoms with E-state index in [0.29, 0.717) is 4.68 Å². The second-order valence-electron chi connectivity index (χ2n) is 2.97. The lowest BCUT2D eigenvalue weighted by Crippen LogP contribution is -2.35. The summed E-state index contributed by atoms with van der Waals surface area (Å²) in [5.41, 5.74) is 5.02. The smallest absolute Gasteiger partial charge is 0.368 e. The maximum absolute atomic E-state index is 12.2. The Morgan fingerprint density at radius 1 is 1.12 bits per heavy atom. The fraction of sp³-hybridized carbons (Fsp3) is 0.667. The van der Waals surface area contributed by atoms with Crippen LogP contribution in [0.1, 0.15) is 11.7 Å². The Morgan fingerprint density at radius 2 is 1.56 bits per heavy atom. The van der Waals surface area contributed by atoms with Crippen LogP contribution in [0, 0.1) is 0 Å². The minimum atomic E-state index is -5.51. The average molecular weight is 248 g/mol. The van der Waals surface area contributed by atoms with Crippen LogP contribution in [0.5, 0.6) is 0 Å². The molecule has 10 heteroatoms. The van der Waals surface area contributed by atoms with Crippen LogP contribution in [0.3, 0.4) is 0 Å². The molecule has 0 aliphatic carbocycles. The lowest BCUT2D eigenvalue weighted by molar-refractivity contribution is -0.255. The van der Waals surface area contributed by atoms with Gasteiger partial charge < -0.3 is 5.73 Å². The van der Waals surface area contributed by atoms with Crippen LogP contribution in [0.15, 0.2) is 0 Å². The molecule has 1 rings (SSSR count). The summed E-state index contributed by atoms with van der Waals surface area (Å²) < 4.78 is 73.8. The Balaban J connectivity index is 3.23. The van der Waals surface area contributed by atoms with Gasteiger partial charge in [0.25, 0.3) is 0 Å². The number of aryl methyl sites for hydroxylation is 1. The highest BCUT2D eigenvalue weighted by Gasteiger charge is 2.59.